The largest absolute Gasteiger partial charge is 0.508 e. The Morgan fingerprint density at radius 3 is 1.91 bits per heavy atom. The van der Waals surface area contributed by atoms with Crippen molar-refractivity contribution in [3.8, 4) is 16.9 Å². The third kappa shape index (κ3) is 5.34. The van der Waals surface area contributed by atoms with E-state index >= 15 is 0 Å². The highest BCUT2D eigenvalue weighted by atomic mass is 35.5. The number of hydrogen-bond acceptors (Lipinski definition) is 4. The van der Waals surface area contributed by atoms with Crippen molar-refractivity contribution in [3.05, 3.63) is 149 Å². The number of nitrogens with zero attached hydrogens (tertiary/aromatic N) is 3. The molecule has 0 bridgehead atoms. The average molecular weight is 627 g/mol. The Bertz CT molecular complexity index is 1890. The fourth-order valence-corrected chi connectivity index (χ4v) is 7.05. The number of aromatic hydroxyl groups is 1. The summed E-state index contributed by atoms with van der Waals surface area (Å²) in [4.78, 5) is 16.1. The van der Waals surface area contributed by atoms with Gasteiger partial charge < -0.3 is 15.3 Å². The van der Waals surface area contributed by atoms with Crippen LogP contribution in [0.5, 0.6) is 5.75 Å². The molecule has 7 heteroatoms. The zero-order chi connectivity index (χ0) is 31.7. The van der Waals surface area contributed by atoms with Gasteiger partial charge in [0.05, 0.1) is 10.5 Å². The van der Waals surface area contributed by atoms with Crippen molar-refractivity contribution in [1.82, 2.24) is 14.7 Å². The summed E-state index contributed by atoms with van der Waals surface area (Å²) >= 11 is 6.62. The maximum atomic E-state index is 13.8. The van der Waals surface area contributed by atoms with E-state index in [4.69, 9.17) is 16.7 Å². The van der Waals surface area contributed by atoms with Crippen molar-refractivity contribution in [3.63, 3.8) is 0 Å². The molecular weight excluding hydrogens is 592 g/mol. The predicted molar refractivity (Wildman–Crippen MR) is 185 cm³/mol. The molecule has 6 nitrogen and oxygen atoms in total. The van der Waals surface area contributed by atoms with E-state index in [9.17, 15) is 9.90 Å². The average Bonchev–Trinajstić information content (AvgIpc) is 3.44. The van der Waals surface area contributed by atoms with Gasteiger partial charge in [0, 0.05) is 16.9 Å². The van der Waals surface area contributed by atoms with Gasteiger partial charge in [-0.2, -0.15) is 5.10 Å². The third-order valence-corrected chi connectivity index (χ3v) is 9.48. The minimum Gasteiger partial charge on any atom is -0.508 e. The van der Waals surface area contributed by atoms with Gasteiger partial charge >= 0.3 is 0 Å². The molecule has 2 heterocycles. The van der Waals surface area contributed by atoms with E-state index in [0.717, 1.165) is 64.7 Å². The molecule has 1 saturated heterocycles. The predicted octanol–water partition coefficient (Wildman–Crippen LogP) is 8.18. The van der Waals surface area contributed by atoms with Crippen LogP contribution in [0.15, 0.2) is 127 Å². The molecule has 0 aliphatic carbocycles. The molecule has 0 spiro atoms. The number of hydrogen-bond donors (Lipinski definition) is 2. The second-order valence-electron chi connectivity index (χ2n) is 12.0. The molecule has 2 N–H and O–H groups in total. The van der Waals surface area contributed by atoms with E-state index in [2.05, 4.69) is 101 Å². The van der Waals surface area contributed by atoms with Gasteiger partial charge in [0.2, 0.25) is 5.91 Å². The number of likely N-dealkylation sites (tertiary alicyclic amines) is 1. The monoisotopic (exact) mass is 626 g/mol. The van der Waals surface area contributed by atoms with Crippen LogP contribution in [0.2, 0.25) is 5.02 Å². The van der Waals surface area contributed by atoms with Crippen LogP contribution in [-0.2, 0) is 10.3 Å². The SMILES string of the molecule is CN1CCC(C(=O)Nc2nn(C(c3ccccc3)(c3ccccc3)c3ccccc3)c3ccc(-c4ccc(O)cc4Cl)cc23)CC1. The molecule has 1 aliphatic heterocycles. The Morgan fingerprint density at radius 1 is 0.804 bits per heavy atom. The van der Waals surface area contributed by atoms with Gasteiger partial charge in [-0.3, -0.25) is 4.79 Å². The van der Waals surface area contributed by atoms with Crippen LogP contribution in [0.25, 0.3) is 22.0 Å². The summed E-state index contributed by atoms with van der Waals surface area (Å²) in [5, 5.41) is 19.8. The second kappa shape index (κ2) is 12.5. The summed E-state index contributed by atoms with van der Waals surface area (Å²) in [7, 11) is 2.09. The highest BCUT2D eigenvalue weighted by molar-refractivity contribution is 6.33. The van der Waals surface area contributed by atoms with Crippen molar-refractivity contribution in [2.24, 2.45) is 5.92 Å². The van der Waals surface area contributed by atoms with Gasteiger partial charge in [0.1, 0.15) is 11.3 Å². The summed E-state index contributed by atoms with van der Waals surface area (Å²) in [5.41, 5.74) is 4.74. The summed E-state index contributed by atoms with van der Waals surface area (Å²) < 4.78 is 2.06. The van der Waals surface area contributed by atoms with Crippen LogP contribution in [0.3, 0.4) is 0 Å². The fourth-order valence-electron chi connectivity index (χ4n) is 6.77. The standard InChI is InChI=1S/C39H35ClN4O2/c1-43-23-21-27(22-24-43)38(46)41-37-34-25-28(33-19-18-32(45)26-35(33)40)17-20-36(34)44(42-37)39(29-11-5-2-6-12-29,30-13-7-3-8-14-30)31-15-9-4-10-16-31/h2-20,25-27,45H,21-24H2,1H3,(H,41,42,46). The van der Waals surface area contributed by atoms with Gasteiger partial charge in [-0.05, 0) is 85.6 Å². The first-order valence-corrected chi connectivity index (χ1v) is 16.0. The number of carbonyl (C=O) groups is 1. The Hall–Kier alpha value is -4.91. The van der Waals surface area contributed by atoms with E-state index in [1.165, 1.54) is 0 Å². The molecule has 5 aromatic carbocycles. The number of halogens is 1. The highest BCUT2D eigenvalue weighted by Gasteiger charge is 2.41. The smallest absolute Gasteiger partial charge is 0.228 e. The zero-order valence-corrected chi connectivity index (χ0v) is 26.4. The molecule has 7 rings (SSSR count). The number of nitrogens with one attached hydrogen (secondary N) is 1. The Balaban J connectivity index is 1.50. The summed E-state index contributed by atoms with van der Waals surface area (Å²) in [6, 6.07) is 42.3. The maximum Gasteiger partial charge on any atom is 0.228 e. The van der Waals surface area contributed by atoms with Crippen LogP contribution < -0.4 is 5.32 Å². The Morgan fingerprint density at radius 2 is 1.37 bits per heavy atom. The van der Waals surface area contributed by atoms with Crippen LogP contribution in [-0.4, -0.2) is 45.8 Å². The second-order valence-corrected chi connectivity index (χ2v) is 12.4. The van der Waals surface area contributed by atoms with Crippen LogP contribution in [0, 0.1) is 5.92 Å². The first-order valence-electron chi connectivity index (χ1n) is 15.6. The number of fused-ring (bicyclic) bond motifs is 1. The molecule has 6 aromatic rings. The summed E-state index contributed by atoms with van der Waals surface area (Å²) in [6.45, 7) is 1.77. The van der Waals surface area contributed by atoms with E-state index in [0.29, 0.717) is 10.8 Å². The molecule has 46 heavy (non-hydrogen) atoms. The van der Waals surface area contributed by atoms with E-state index in [-0.39, 0.29) is 17.6 Å². The number of benzene rings is 5. The summed E-state index contributed by atoms with van der Waals surface area (Å²) in [5.74, 6) is 0.501. The number of anilines is 1. The number of phenolic OH excluding ortho intramolecular Hbond substituents is 1. The molecule has 1 fully saturated rings. The third-order valence-electron chi connectivity index (χ3n) is 9.17. The number of carbonyl (C=O) groups excluding carboxylic acids is 1. The van der Waals surface area contributed by atoms with Crippen molar-refractivity contribution >= 4 is 34.2 Å². The molecule has 0 saturated carbocycles. The summed E-state index contributed by atoms with van der Waals surface area (Å²) in [6.07, 6.45) is 1.61. The van der Waals surface area contributed by atoms with E-state index in [1.54, 1.807) is 12.1 Å². The number of aromatic nitrogens is 2. The molecule has 1 aliphatic rings. The first-order chi connectivity index (χ1) is 22.4. The highest BCUT2D eigenvalue weighted by Crippen LogP contribution is 2.44. The normalized spacial score (nSPS) is 14.4. The fraction of sp³-hybridized carbons (Fsp3) is 0.179. The molecule has 230 valence electrons. The lowest BCUT2D eigenvalue weighted by molar-refractivity contribution is -0.121. The number of phenols is 1. The quantitative estimate of drug-likeness (QED) is 0.175. The van der Waals surface area contributed by atoms with Crippen LogP contribution in [0.1, 0.15) is 29.5 Å². The van der Waals surface area contributed by atoms with Crippen molar-refractivity contribution in [1.29, 1.82) is 0 Å². The number of piperidine rings is 1. The van der Waals surface area contributed by atoms with Gasteiger partial charge in [-0.25, -0.2) is 4.68 Å². The lowest BCUT2D eigenvalue weighted by Crippen LogP contribution is -2.39. The first kappa shape index (κ1) is 29.8. The van der Waals surface area contributed by atoms with Crippen LogP contribution >= 0.6 is 11.6 Å². The molecular formula is C39H35ClN4O2. The minimum atomic E-state index is -0.865. The topological polar surface area (TPSA) is 70.4 Å². The van der Waals surface area contributed by atoms with Gasteiger partial charge in [-0.15, -0.1) is 0 Å². The maximum absolute atomic E-state index is 13.8. The lowest BCUT2D eigenvalue weighted by atomic mass is 9.77. The van der Waals surface area contributed by atoms with E-state index < -0.39 is 5.54 Å². The van der Waals surface area contributed by atoms with Gasteiger partial charge in [0.15, 0.2) is 5.82 Å². The zero-order valence-electron chi connectivity index (χ0n) is 25.6. The molecule has 0 unspecified atom stereocenters. The van der Waals surface area contributed by atoms with Crippen molar-refractivity contribution < 1.29 is 9.90 Å². The van der Waals surface area contributed by atoms with E-state index in [1.807, 2.05) is 36.4 Å². The molecule has 0 radical (unpaired) electrons. The molecule has 1 amide bonds. The van der Waals surface area contributed by atoms with Gasteiger partial charge in [-0.1, -0.05) is 109 Å². The minimum absolute atomic E-state index is 0.0162. The molecule has 0 atom stereocenters. The van der Waals surface area contributed by atoms with Gasteiger partial charge in [0.25, 0.3) is 0 Å². The lowest BCUT2D eigenvalue weighted by Gasteiger charge is -2.37. The Kier molecular flexibility index (Phi) is 8.07. The number of rotatable bonds is 7. The number of amides is 1. The molecule has 1 aromatic heterocycles. The Labute approximate surface area is 273 Å². The van der Waals surface area contributed by atoms with Crippen molar-refractivity contribution in [2.75, 3.05) is 25.5 Å². The van der Waals surface area contributed by atoms with Crippen molar-refractivity contribution in [2.45, 2.75) is 18.4 Å². The van der Waals surface area contributed by atoms with Crippen LogP contribution in [0.4, 0.5) is 5.82 Å².